The lowest BCUT2D eigenvalue weighted by atomic mass is 10.1. The molecule has 1 saturated heterocycles. The van der Waals surface area contributed by atoms with Gasteiger partial charge in [0, 0.05) is 6.54 Å². The van der Waals surface area contributed by atoms with Crippen LogP contribution in [-0.2, 0) is 16.1 Å². The predicted octanol–water partition coefficient (Wildman–Crippen LogP) is 0.392. The molecule has 2 rings (SSSR count). The van der Waals surface area contributed by atoms with E-state index in [1.54, 1.807) is 7.11 Å². The number of carbonyl (C=O) groups is 1. The van der Waals surface area contributed by atoms with Crippen LogP contribution in [0.5, 0.6) is 5.75 Å². The fourth-order valence-corrected chi connectivity index (χ4v) is 2.94. The van der Waals surface area contributed by atoms with E-state index in [0.717, 1.165) is 24.4 Å². The minimum Gasteiger partial charge on any atom is -0.497 e. The van der Waals surface area contributed by atoms with Gasteiger partial charge in [0.05, 0.1) is 7.11 Å². The molecule has 3 atom stereocenters. The highest BCUT2D eigenvalue weighted by Gasteiger charge is 2.32. The van der Waals surface area contributed by atoms with E-state index >= 15 is 0 Å². The number of methoxy groups -OCH3 is 1. The zero-order chi connectivity index (χ0) is 16.1. The molecule has 0 aromatic heterocycles. The number of hydrogen-bond acceptors (Lipinski definition) is 3. The van der Waals surface area contributed by atoms with Gasteiger partial charge in [0.2, 0.25) is 0 Å². The lowest BCUT2D eigenvalue weighted by Gasteiger charge is -2.35. The minimum atomic E-state index is -0.0629. The van der Waals surface area contributed by atoms with E-state index in [2.05, 4.69) is 19.2 Å². The van der Waals surface area contributed by atoms with Gasteiger partial charge >= 0.3 is 0 Å². The zero-order valence-corrected chi connectivity index (χ0v) is 13.9. The van der Waals surface area contributed by atoms with Crippen LogP contribution in [0.1, 0.15) is 26.3 Å². The lowest BCUT2D eigenvalue weighted by molar-refractivity contribution is -0.928. The maximum atomic E-state index is 12.4. The van der Waals surface area contributed by atoms with Gasteiger partial charge in [0.1, 0.15) is 31.0 Å². The second-order valence-electron chi connectivity index (χ2n) is 6.11. The predicted molar refractivity (Wildman–Crippen MR) is 85.0 cm³/mol. The lowest BCUT2D eigenvalue weighted by Crippen LogP contribution is -3.19. The Morgan fingerprint density at radius 2 is 1.91 bits per heavy atom. The summed E-state index contributed by atoms with van der Waals surface area (Å²) >= 11 is 0. The van der Waals surface area contributed by atoms with Gasteiger partial charge in [-0.1, -0.05) is 12.1 Å². The quantitative estimate of drug-likeness (QED) is 0.827. The third-order valence-corrected chi connectivity index (χ3v) is 4.20. The molecule has 0 spiro atoms. The van der Waals surface area contributed by atoms with Crippen LogP contribution in [-0.4, -0.2) is 44.4 Å². The summed E-state index contributed by atoms with van der Waals surface area (Å²) in [7, 11) is 1.64. The van der Waals surface area contributed by atoms with Crippen LogP contribution in [0, 0.1) is 0 Å². The van der Waals surface area contributed by atoms with Crippen molar-refractivity contribution < 1.29 is 19.2 Å². The van der Waals surface area contributed by atoms with Crippen molar-refractivity contribution in [2.75, 3.05) is 20.2 Å². The zero-order valence-electron chi connectivity index (χ0n) is 13.9. The molecule has 1 aliphatic heterocycles. The van der Waals surface area contributed by atoms with E-state index in [-0.39, 0.29) is 24.2 Å². The average molecular weight is 307 g/mol. The summed E-state index contributed by atoms with van der Waals surface area (Å²) in [4.78, 5) is 13.6. The second kappa shape index (κ2) is 7.61. The van der Waals surface area contributed by atoms with Crippen LogP contribution in [0.4, 0.5) is 0 Å². The van der Waals surface area contributed by atoms with Gasteiger partial charge < -0.3 is 19.7 Å². The standard InChI is InChI=1S/C17H26N2O3/c1-12-10-19(11-13(2)22-12)14(3)17(20)18-9-15-5-7-16(21-4)8-6-15/h5-8,12-14H,9-11H2,1-4H3,(H,18,20)/p+1/t12-,13-,14-/m0/s1. The Labute approximate surface area is 132 Å². The molecule has 2 N–H and O–H groups in total. The maximum absolute atomic E-state index is 12.4. The molecule has 22 heavy (non-hydrogen) atoms. The summed E-state index contributed by atoms with van der Waals surface area (Å²) in [6.45, 7) is 8.42. The van der Waals surface area contributed by atoms with Gasteiger partial charge in [-0.05, 0) is 38.5 Å². The molecule has 5 nitrogen and oxygen atoms in total. The van der Waals surface area contributed by atoms with Crippen molar-refractivity contribution >= 4 is 5.91 Å². The summed E-state index contributed by atoms with van der Waals surface area (Å²) in [5, 5.41) is 3.02. The number of nitrogens with one attached hydrogen (secondary N) is 2. The molecule has 5 heteroatoms. The molecule has 1 aliphatic rings. The Balaban J connectivity index is 1.85. The van der Waals surface area contributed by atoms with Crippen molar-refractivity contribution in [1.29, 1.82) is 0 Å². The van der Waals surface area contributed by atoms with Crippen molar-refractivity contribution in [2.24, 2.45) is 0 Å². The van der Waals surface area contributed by atoms with Gasteiger partial charge in [-0.2, -0.15) is 0 Å². The van der Waals surface area contributed by atoms with Gasteiger partial charge in [0.15, 0.2) is 6.04 Å². The summed E-state index contributed by atoms with van der Waals surface area (Å²) in [5.41, 5.74) is 1.07. The SMILES string of the molecule is COc1ccc(CNC(=O)[C@H](C)[NH+]2C[C@H](C)O[C@@H](C)C2)cc1. The Hall–Kier alpha value is -1.59. The van der Waals surface area contributed by atoms with Crippen LogP contribution >= 0.6 is 0 Å². The van der Waals surface area contributed by atoms with Crippen LogP contribution < -0.4 is 15.0 Å². The summed E-state index contributed by atoms with van der Waals surface area (Å²) in [6.07, 6.45) is 0.408. The number of quaternary nitrogens is 1. The van der Waals surface area contributed by atoms with Crippen molar-refractivity contribution in [3.63, 3.8) is 0 Å². The third kappa shape index (κ3) is 4.45. The molecule has 1 heterocycles. The molecule has 1 amide bonds. The topological polar surface area (TPSA) is 52.0 Å². The summed E-state index contributed by atoms with van der Waals surface area (Å²) < 4.78 is 10.9. The van der Waals surface area contributed by atoms with Crippen molar-refractivity contribution in [3.8, 4) is 5.75 Å². The van der Waals surface area contributed by atoms with E-state index < -0.39 is 0 Å². The molecule has 0 saturated carbocycles. The normalized spacial score (nSPS) is 26.3. The van der Waals surface area contributed by atoms with Crippen LogP contribution in [0.25, 0.3) is 0 Å². The molecule has 1 aromatic rings. The Kier molecular flexibility index (Phi) is 5.80. The van der Waals surface area contributed by atoms with Gasteiger partial charge in [-0.3, -0.25) is 4.79 Å². The molecule has 1 fully saturated rings. The fraction of sp³-hybridized carbons (Fsp3) is 0.588. The third-order valence-electron chi connectivity index (χ3n) is 4.20. The Morgan fingerprint density at radius 3 is 2.45 bits per heavy atom. The number of hydrogen-bond donors (Lipinski definition) is 2. The number of ether oxygens (including phenoxy) is 2. The number of amides is 1. The van der Waals surface area contributed by atoms with Crippen LogP contribution in [0.2, 0.25) is 0 Å². The van der Waals surface area contributed by atoms with E-state index in [1.165, 1.54) is 4.90 Å². The molecular weight excluding hydrogens is 280 g/mol. The van der Waals surface area contributed by atoms with E-state index in [1.807, 2.05) is 31.2 Å². The molecule has 0 unspecified atom stereocenters. The van der Waals surface area contributed by atoms with Crippen LogP contribution in [0.15, 0.2) is 24.3 Å². The maximum Gasteiger partial charge on any atom is 0.278 e. The van der Waals surface area contributed by atoms with Gasteiger partial charge in [0.25, 0.3) is 5.91 Å². The first-order valence-corrected chi connectivity index (χ1v) is 7.90. The smallest absolute Gasteiger partial charge is 0.278 e. The van der Waals surface area contributed by atoms with E-state index in [9.17, 15) is 4.79 Å². The van der Waals surface area contributed by atoms with Gasteiger partial charge in [-0.15, -0.1) is 0 Å². The first-order chi connectivity index (χ1) is 10.5. The molecular formula is C17H27N2O3+. The number of rotatable bonds is 5. The Morgan fingerprint density at radius 1 is 1.32 bits per heavy atom. The van der Waals surface area contributed by atoms with Crippen molar-refractivity contribution in [3.05, 3.63) is 29.8 Å². The van der Waals surface area contributed by atoms with Crippen LogP contribution in [0.3, 0.4) is 0 Å². The number of carbonyl (C=O) groups excluding carboxylic acids is 1. The first-order valence-electron chi connectivity index (χ1n) is 7.90. The highest BCUT2D eigenvalue weighted by atomic mass is 16.5. The monoisotopic (exact) mass is 307 g/mol. The summed E-state index contributed by atoms with van der Waals surface area (Å²) in [5.74, 6) is 0.913. The van der Waals surface area contributed by atoms with E-state index in [4.69, 9.17) is 9.47 Å². The minimum absolute atomic E-state index is 0.0629. The van der Waals surface area contributed by atoms with Crippen molar-refractivity contribution in [2.45, 2.75) is 45.6 Å². The van der Waals surface area contributed by atoms with Gasteiger partial charge in [-0.25, -0.2) is 0 Å². The number of morpholine rings is 1. The largest absolute Gasteiger partial charge is 0.497 e. The molecule has 0 aliphatic carbocycles. The average Bonchev–Trinajstić information content (AvgIpc) is 2.51. The second-order valence-corrected chi connectivity index (χ2v) is 6.11. The molecule has 0 radical (unpaired) electrons. The number of benzene rings is 1. The van der Waals surface area contributed by atoms with Crippen molar-refractivity contribution in [1.82, 2.24) is 5.32 Å². The fourth-order valence-electron chi connectivity index (χ4n) is 2.94. The first kappa shape index (κ1) is 16.8. The van der Waals surface area contributed by atoms with E-state index in [0.29, 0.717) is 6.54 Å². The summed E-state index contributed by atoms with van der Waals surface area (Å²) in [6, 6.07) is 7.68. The Bertz CT molecular complexity index is 479. The molecule has 0 bridgehead atoms. The molecule has 1 aromatic carbocycles. The molecule has 122 valence electrons. The highest BCUT2D eigenvalue weighted by molar-refractivity contribution is 5.79. The highest BCUT2D eigenvalue weighted by Crippen LogP contribution is 2.10.